The highest BCUT2D eigenvalue weighted by Crippen LogP contribution is 2.37. The predicted octanol–water partition coefficient (Wildman–Crippen LogP) is 4.51. The van der Waals surface area contributed by atoms with Crippen molar-refractivity contribution >= 4 is 10.8 Å². The normalized spacial score (nSPS) is 20.1. The molecule has 3 aromatic rings. The molecule has 1 atom stereocenters. The summed E-state index contributed by atoms with van der Waals surface area (Å²) >= 11 is 0. The second-order valence-corrected chi connectivity index (χ2v) is 8.79. The monoisotopic (exact) mass is 427 g/mol. The quantitative estimate of drug-likeness (QED) is 0.603. The van der Waals surface area contributed by atoms with Gasteiger partial charge in [0.15, 0.2) is 0 Å². The van der Waals surface area contributed by atoms with Crippen LogP contribution in [0.2, 0.25) is 0 Å². The Labute approximate surface area is 180 Å². The molecule has 1 N–H and O–H groups in total. The molecular weight excluding hydrogens is 400 g/mol. The van der Waals surface area contributed by atoms with Crippen LogP contribution >= 0.6 is 0 Å². The van der Waals surface area contributed by atoms with Crippen LogP contribution in [0.15, 0.2) is 48.8 Å². The van der Waals surface area contributed by atoms with Gasteiger partial charge in [0.2, 0.25) is 0 Å². The molecule has 164 valence electrons. The maximum atomic E-state index is 13.6. The third-order valence-electron chi connectivity index (χ3n) is 6.05. The second-order valence-electron chi connectivity index (χ2n) is 8.79. The summed E-state index contributed by atoms with van der Waals surface area (Å²) in [7, 11) is 0. The summed E-state index contributed by atoms with van der Waals surface area (Å²) in [5, 5.41) is 17.0. The summed E-state index contributed by atoms with van der Waals surface area (Å²) in [6, 6.07) is 12.5. The third-order valence-corrected chi connectivity index (χ3v) is 6.05. The van der Waals surface area contributed by atoms with Crippen LogP contribution in [0.1, 0.15) is 31.7 Å². The van der Waals surface area contributed by atoms with Gasteiger partial charge in [-0.3, -0.25) is 9.58 Å². The maximum absolute atomic E-state index is 13.6. The number of aromatic nitrogens is 2. The molecule has 1 aliphatic heterocycles. The van der Waals surface area contributed by atoms with E-state index in [0.29, 0.717) is 24.8 Å². The zero-order valence-corrected chi connectivity index (χ0v) is 17.4. The number of piperidine rings is 1. The number of alkyl halides is 2. The molecule has 2 heterocycles. The average molecular weight is 427 g/mol. The first kappa shape index (κ1) is 20.4. The number of halogens is 2. The third kappa shape index (κ3) is 4.72. The molecule has 1 saturated heterocycles. The van der Waals surface area contributed by atoms with Crippen molar-refractivity contribution < 1.29 is 18.6 Å². The van der Waals surface area contributed by atoms with Crippen molar-refractivity contribution in [2.24, 2.45) is 0 Å². The fraction of sp³-hybridized carbons (Fsp3) is 0.458. The molecule has 0 radical (unpaired) electrons. The molecule has 1 unspecified atom stereocenters. The number of hydrogen-bond acceptors (Lipinski definition) is 4. The van der Waals surface area contributed by atoms with E-state index in [0.717, 1.165) is 21.9 Å². The van der Waals surface area contributed by atoms with Gasteiger partial charge in [0.1, 0.15) is 18.5 Å². The first-order valence-corrected chi connectivity index (χ1v) is 11.0. The Balaban J connectivity index is 1.31. The molecule has 1 aromatic heterocycles. The zero-order chi connectivity index (χ0) is 21.4. The van der Waals surface area contributed by atoms with Gasteiger partial charge in [0.25, 0.3) is 5.92 Å². The number of likely N-dealkylation sites (tertiary alicyclic amines) is 1. The molecule has 5 nitrogen and oxygen atoms in total. The van der Waals surface area contributed by atoms with Crippen LogP contribution in [0, 0.1) is 0 Å². The van der Waals surface area contributed by atoms with Crippen molar-refractivity contribution in [1.29, 1.82) is 0 Å². The Morgan fingerprint density at radius 1 is 1.23 bits per heavy atom. The molecule has 2 fully saturated rings. The van der Waals surface area contributed by atoms with E-state index in [9.17, 15) is 13.9 Å². The summed E-state index contributed by atoms with van der Waals surface area (Å²) in [5.41, 5.74) is 2.06. The first-order valence-electron chi connectivity index (χ1n) is 11.0. The van der Waals surface area contributed by atoms with Crippen LogP contribution in [0.5, 0.6) is 5.75 Å². The van der Waals surface area contributed by atoms with Crippen LogP contribution < -0.4 is 4.74 Å². The highest BCUT2D eigenvalue weighted by molar-refractivity contribution is 5.97. The number of rotatable bonds is 7. The van der Waals surface area contributed by atoms with Crippen LogP contribution in [0.4, 0.5) is 8.78 Å². The molecule has 2 aliphatic rings. The van der Waals surface area contributed by atoms with Gasteiger partial charge < -0.3 is 9.84 Å². The maximum Gasteiger partial charge on any atom is 0.260 e. The number of benzene rings is 2. The van der Waals surface area contributed by atoms with E-state index in [4.69, 9.17) is 4.74 Å². The molecule has 7 heteroatoms. The Bertz CT molecular complexity index is 1060. The Morgan fingerprint density at radius 2 is 2.06 bits per heavy atom. The molecule has 1 saturated carbocycles. The molecule has 0 amide bonds. The van der Waals surface area contributed by atoms with Crippen LogP contribution in [0.3, 0.4) is 0 Å². The number of aliphatic hydroxyl groups excluding tert-OH is 1. The van der Waals surface area contributed by atoms with Crippen LogP contribution in [-0.4, -0.2) is 58.1 Å². The minimum absolute atomic E-state index is 0.0567. The van der Waals surface area contributed by atoms with Crippen molar-refractivity contribution in [3.63, 3.8) is 0 Å². The van der Waals surface area contributed by atoms with Crippen molar-refractivity contribution in [2.75, 3.05) is 26.2 Å². The molecule has 5 rings (SSSR count). The van der Waals surface area contributed by atoms with E-state index in [-0.39, 0.29) is 26.1 Å². The molecular formula is C24H27F2N3O2. The van der Waals surface area contributed by atoms with Crippen molar-refractivity contribution in [1.82, 2.24) is 14.7 Å². The van der Waals surface area contributed by atoms with Crippen molar-refractivity contribution in [3.8, 4) is 16.9 Å². The fourth-order valence-corrected chi connectivity index (χ4v) is 4.37. The van der Waals surface area contributed by atoms with Gasteiger partial charge in [-0.2, -0.15) is 5.10 Å². The van der Waals surface area contributed by atoms with Gasteiger partial charge in [-0.05, 0) is 54.3 Å². The van der Waals surface area contributed by atoms with E-state index >= 15 is 0 Å². The molecule has 1 aliphatic carbocycles. The number of fused-ring (bicyclic) bond motifs is 1. The number of nitrogens with zero attached hydrogens (tertiary/aromatic N) is 3. The summed E-state index contributed by atoms with van der Waals surface area (Å²) in [6.07, 6.45) is 5.85. The van der Waals surface area contributed by atoms with Crippen molar-refractivity contribution in [3.05, 3.63) is 48.8 Å². The smallest absolute Gasteiger partial charge is 0.260 e. The van der Waals surface area contributed by atoms with Gasteiger partial charge in [0, 0.05) is 24.7 Å². The van der Waals surface area contributed by atoms with E-state index in [1.165, 1.54) is 12.8 Å². The van der Waals surface area contributed by atoms with Crippen LogP contribution in [-0.2, 0) is 0 Å². The number of ether oxygens (including phenoxy) is 1. The van der Waals surface area contributed by atoms with Crippen molar-refractivity contribution in [2.45, 2.75) is 43.8 Å². The highest BCUT2D eigenvalue weighted by Gasteiger charge is 2.35. The lowest BCUT2D eigenvalue weighted by atomic mass is 10.00. The summed E-state index contributed by atoms with van der Waals surface area (Å²) in [5.74, 6) is -2.02. The summed E-state index contributed by atoms with van der Waals surface area (Å²) < 4.78 is 35.1. The Hall–Kier alpha value is -2.51. The first-order chi connectivity index (χ1) is 15.0. The van der Waals surface area contributed by atoms with Crippen LogP contribution in [0.25, 0.3) is 21.9 Å². The van der Waals surface area contributed by atoms with E-state index in [1.807, 2.05) is 41.2 Å². The minimum Gasteiger partial charge on any atom is -0.491 e. The zero-order valence-electron chi connectivity index (χ0n) is 17.4. The number of aliphatic hydroxyl groups is 1. The molecule has 31 heavy (non-hydrogen) atoms. The standard InChI is InChI=1S/C24H27F2N3O2/c25-24(26)8-3-9-28(16-24)14-20(30)15-31-21-10-17-4-1-2-5-22(17)23(11-21)18-12-27-29(13-18)19-6-7-19/h1-2,4-5,10-13,19-20,30H,3,6-9,14-16H2. The lowest BCUT2D eigenvalue weighted by Gasteiger charge is -2.33. The topological polar surface area (TPSA) is 50.5 Å². The Kier molecular flexibility index (Phi) is 5.40. The lowest BCUT2D eigenvalue weighted by molar-refractivity contribution is -0.0737. The molecule has 0 spiro atoms. The van der Waals surface area contributed by atoms with Gasteiger partial charge in [0.05, 0.1) is 18.8 Å². The van der Waals surface area contributed by atoms with E-state index < -0.39 is 12.0 Å². The van der Waals surface area contributed by atoms with Gasteiger partial charge in [-0.15, -0.1) is 0 Å². The SMILES string of the molecule is OC(COc1cc(-c2cnn(C3CC3)c2)c2ccccc2c1)CN1CCCC(F)(F)C1. The van der Waals surface area contributed by atoms with Gasteiger partial charge in [-0.25, -0.2) is 8.78 Å². The number of hydrogen-bond donors (Lipinski definition) is 1. The predicted molar refractivity (Wildman–Crippen MR) is 116 cm³/mol. The Morgan fingerprint density at radius 3 is 2.87 bits per heavy atom. The lowest BCUT2D eigenvalue weighted by Crippen LogP contribution is -2.46. The highest BCUT2D eigenvalue weighted by atomic mass is 19.3. The van der Waals surface area contributed by atoms with E-state index in [2.05, 4.69) is 17.4 Å². The number of β-amino-alcohol motifs (C(OH)–C–C–N with tert-alkyl or cyclic N) is 1. The van der Waals surface area contributed by atoms with E-state index in [1.54, 1.807) is 4.90 Å². The molecule has 0 bridgehead atoms. The summed E-state index contributed by atoms with van der Waals surface area (Å²) in [6.45, 7) is 0.526. The average Bonchev–Trinajstić information content (AvgIpc) is 3.48. The minimum atomic E-state index is -2.67. The summed E-state index contributed by atoms with van der Waals surface area (Å²) in [4.78, 5) is 1.62. The van der Waals surface area contributed by atoms with Gasteiger partial charge in [-0.1, -0.05) is 24.3 Å². The fourth-order valence-electron chi connectivity index (χ4n) is 4.37. The van der Waals surface area contributed by atoms with Gasteiger partial charge >= 0.3 is 0 Å². The second kappa shape index (κ2) is 8.20. The largest absolute Gasteiger partial charge is 0.491 e. The molecule has 2 aromatic carbocycles.